The molecule has 28 heteroatoms. The summed E-state index contributed by atoms with van der Waals surface area (Å²) in [5.41, 5.74) is 4.29. The summed E-state index contributed by atoms with van der Waals surface area (Å²) >= 11 is 1.43. The van der Waals surface area contributed by atoms with E-state index >= 15 is 0 Å². The molecule has 0 radical (unpaired) electrons. The molecule has 10 N–H and O–H groups in total. The molecule has 2 amide bonds. The second-order valence-electron chi connectivity index (χ2n) is 15.9. The number of Topliss-reactive ketones (excluding diaryl/α,β-unsaturated/α-hetero) is 1. The molecule has 2 aromatic heterocycles. The monoisotopic (exact) mass is 991 g/mol. The first-order valence-electron chi connectivity index (χ1n) is 21.0. The van der Waals surface area contributed by atoms with Crippen molar-refractivity contribution >= 4 is 69.8 Å². The minimum Gasteiger partial charge on any atom is -0.386 e. The summed E-state index contributed by atoms with van der Waals surface area (Å²) < 4.78 is 62.4. The zero-order valence-electron chi connectivity index (χ0n) is 36.3. The van der Waals surface area contributed by atoms with Gasteiger partial charge in [-0.05, 0) is 6.42 Å². The van der Waals surface area contributed by atoms with Gasteiger partial charge < -0.3 is 50.9 Å². The second kappa shape index (κ2) is 26.8. The summed E-state index contributed by atoms with van der Waals surface area (Å²) in [5, 5.41) is 26.6. The van der Waals surface area contributed by atoms with Crippen LogP contribution in [0.25, 0.3) is 11.2 Å². The third-order valence-corrected chi connectivity index (χ3v) is 14.1. The Morgan fingerprint density at radius 1 is 0.906 bits per heavy atom. The molecular formula is C36H64N7O17P3S. The number of imidazole rings is 1. The van der Waals surface area contributed by atoms with Crippen molar-refractivity contribution in [1.82, 2.24) is 30.2 Å². The Morgan fingerprint density at radius 2 is 1.53 bits per heavy atom. The lowest BCUT2D eigenvalue weighted by Crippen LogP contribution is -2.46. The molecule has 366 valence electrons. The van der Waals surface area contributed by atoms with Crippen molar-refractivity contribution in [2.75, 3.05) is 43.5 Å². The molecule has 1 fully saturated rings. The predicted molar refractivity (Wildman–Crippen MR) is 233 cm³/mol. The average Bonchev–Trinajstić information content (AvgIpc) is 3.77. The van der Waals surface area contributed by atoms with Crippen LogP contribution in [0.3, 0.4) is 0 Å². The van der Waals surface area contributed by atoms with Crippen LogP contribution in [0.5, 0.6) is 0 Å². The molecule has 0 aromatic carbocycles. The number of aromatic nitrogens is 4. The van der Waals surface area contributed by atoms with Gasteiger partial charge in [-0.25, -0.2) is 28.6 Å². The molecule has 3 rings (SSSR count). The van der Waals surface area contributed by atoms with Crippen LogP contribution in [-0.4, -0.2) is 129 Å². The zero-order chi connectivity index (χ0) is 47.6. The van der Waals surface area contributed by atoms with Gasteiger partial charge in [0.05, 0.1) is 25.3 Å². The molecule has 3 heterocycles. The van der Waals surface area contributed by atoms with E-state index in [4.69, 9.17) is 19.5 Å². The van der Waals surface area contributed by atoms with Crippen LogP contribution >= 0.6 is 35.2 Å². The molecule has 7 atom stereocenters. The first kappa shape index (κ1) is 55.9. The summed E-state index contributed by atoms with van der Waals surface area (Å²) in [5.74, 6) is -0.303. The molecule has 1 saturated heterocycles. The number of carbonyl (C=O) groups is 3. The first-order valence-corrected chi connectivity index (χ1v) is 26.7. The normalized spacial score (nSPS) is 20.5. The van der Waals surface area contributed by atoms with Crippen LogP contribution in [0.15, 0.2) is 12.7 Å². The van der Waals surface area contributed by atoms with Crippen LogP contribution in [0.2, 0.25) is 0 Å². The number of nitrogen functional groups attached to an aromatic ring is 1. The number of phosphoric acid groups is 3. The number of ether oxygens (including phenoxy) is 1. The van der Waals surface area contributed by atoms with E-state index in [9.17, 15) is 57.9 Å². The average molecular weight is 992 g/mol. The second-order valence-corrected chi connectivity index (χ2v) is 21.3. The van der Waals surface area contributed by atoms with E-state index in [1.54, 1.807) is 0 Å². The predicted octanol–water partition coefficient (Wildman–Crippen LogP) is 3.41. The fourth-order valence-electron chi connectivity index (χ4n) is 6.45. The smallest absolute Gasteiger partial charge is 0.386 e. The molecule has 0 unspecified atom stereocenters. The van der Waals surface area contributed by atoms with E-state index in [0.29, 0.717) is 24.5 Å². The molecular weight excluding hydrogens is 927 g/mol. The number of thioether (sulfide) groups is 1. The van der Waals surface area contributed by atoms with Crippen LogP contribution in [0.1, 0.15) is 110 Å². The summed E-state index contributed by atoms with van der Waals surface area (Å²) in [6.45, 7) is 2.89. The Labute approximate surface area is 376 Å². The third kappa shape index (κ3) is 19.8. The highest BCUT2D eigenvalue weighted by atomic mass is 32.2. The maximum absolute atomic E-state index is 12.7. The van der Waals surface area contributed by atoms with E-state index < -0.39 is 78.6 Å². The van der Waals surface area contributed by atoms with Crippen molar-refractivity contribution in [3.05, 3.63) is 12.7 Å². The molecule has 24 nitrogen and oxygen atoms in total. The van der Waals surface area contributed by atoms with Gasteiger partial charge >= 0.3 is 23.5 Å². The lowest BCUT2D eigenvalue weighted by Gasteiger charge is -2.30. The number of anilines is 1. The van der Waals surface area contributed by atoms with Gasteiger partial charge in [-0.2, -0.15) is 16.1 Å². The quantitative estimate of drug-likeness (QED) is 0.0365. The lowest BCUT2D eigenvalue weighted by molar-refractivity contribution is -0.137. The van der Waals surface area contributed by atoms with Gasteiger partial charge in [0, 0.05) is 37.1 Å². The number of ketones is 1. The first-order chi connectivity index (χ1) is 30.1. The maximum atomic E-state index is 12.7. The van der Waals surface area contributed by atoms with Crippen molar-refractivity contribution in [3.8, 4) is 0 Å². The Bertz CT molecular complexity index is 1940. The number of nitrogens with one attached hydrogen (secondary N) is 2. The Hall–Kier alpha value is -2.44. The zero-order valence-corrected chi connectivity index (χ0v) is 39.8. The van der Waals surface area contributed by atoms with Crippen LogP contribution in [0, 0.1) is 5.41 Å². The van der Waals surface area contributed by atoms with E-state index in [-0.39, 0.29) is 41.6 Å². The van der Waals surface area contributed by atoms with Gasteiger partial charge in [-0.3, -0.25) is 32.5 Å². The van der Waals surface area contributed by atoms with Crippen molar-refractivity contribution in [2.24, 2.45) is 5.41 Å². The Balaban J connectivity index is 1.34. The molecule has 0 saturated carbocycles. The minimum atomic E-state index is -5.57. The molecule has 2 aromatic rings. The summed E-state index contributed by atoms with van der Waals surface area (Å²) in [6.07, 6.45) is 7.05. The largest absolute Gasteiger partial charge is 0.481 e. The van der Waals surface area contributed by atoms with Crippen molar-refractivity contribution in [3.63, 3.8) is 0 Å². The number of carbonyl (C=O) groups excluding carboxylic acids is 3. The number of hydrogen-bond donors (Lipinski definition) is 9. The highest BCUT2D eigenvalue weighted by Crippen LogP contribution is 2.61. The van der Waals surface area contributed by atoms with Crippen molar-refractivity contribution in [1.29, 1.82) is 0 Å². The standard InChI is InChI=1S/C36H64N7O17P3S/c1-4-5-6-7-8-9-10-11-12-13-14-15-25(44)21-64-19-18-38-27(45)16-17-39-34(48)31(47)36(2,3)22-57-63(54,55)60-62(52,53)56-20-26-30(59-61(49,50)51)29(46)35(58-26)43-24-42-28-32(37)40-23-41-33(28)43/h23-24,26,29-31,35,46-47H,4-22H2,1-3H3,(H,38,45)(H,39,48)(H,52,53)(H,54,55)(H2,37,40,41)(H2,49,50,51)/t26-,29+,30-,31+,35+/m0/s1. The van der Waals surface area contributed by atoms with Gasteiger partial charge in [-0.1, -0.05) is 85.0 Å². The number of amides is 2. The van der Waals surface area contributed by atoms with Gasteiger partial charge in [0.1, 0.15) is 42.0 Å². The number of fused-ring (bicyclic) bond motifs is 1. The topological polar surface area (TPSA) is 364 Å². The summed E-state index contributed by atoms with van der Waals surface area (Å²) in [4.78, 5) is 88.2. The van der Waals surface area contributed by atoms with E-state index in [0.717, 1.165) is 36.5 Å². The SMILES string of the molecule is CCCCCCCCCCCCCC(=O)CSCCNC(=O)CCNC(=O)[C@@H](O)C(C)(C)CO[P@@](=O)(O)O[P@](=O)(O)OC[C@@H]1O[C@@H](n2cnc3c(N)ncnc32)[C@H](O)[C@H]1OP(=O)(O)O. The van der Waals surface area contributed by atoms with E-state index in [1.165, 1.54) is 77.0 Å². The maximum Gasteiger partial charge on any atom is 0.481 e. The van der Waals surface area contributed by atoms with Crippen LogP contribution in [0.4, 0.5) is 5.82 Å². The van der Waals surface area contributed by atoms with E-state index in [2.05, 4.69) is 41.3 Å². The summed E-state index contributed by atoms with van der Waals surface area (Å²) in [6, 6.07) is 0. The fourth-order valence-corrected chi connectivity index (χ4v) is 10.0. The number of nitrogens with two attached hydrogens (primary N) is 1. The van der Waals surface area contributed by atoms with Gasteiger partial charge in [0.15, 0.2) is 17.7 Å². The molecule has 64 heavy (non-hydrogen) atoms. The summed E-state index contributed by atoms with van der Waals surface area (Å²) in [7, 11) is -16.4. The molecule has 0 bridgehead atoms. The highest BCUT2D eigenvalue weighted by molar-refractivity contribution is 7.99. The number of nitrogens with zero attached hydrogens (tertiary/aromatic N) is 4. The molecule has 0 spiro atoms. The Kier molecular flexibility index (Phi) is 23.4. The van der Waals surface area contributed by atoms with Crippen molar-refractivity contribution < 1.29 is 80.5 Å². The minimum absolute atomic E-state index is 0.0343. The number of rotatable bonds is 33. The molecule has 1 aliphatic heterocycles. The lowest BCUT2D eigenvalue weighted by atomic mass is 9.87. The van der Waals surface area contributed by atoms with Crippen molar-refractivity contribution in [2.45, 2.75) is 135 Å². The fraction of sp³-hybridized carbons (Fsp3) is 0.778. The van der Waals surface area contributed by atoms with Gasteiger partial charge in [0.2, 0.25) is 11.8 Å². The van der Waals surface area contributed by atoms with Gasteiger partial charge in [0.25, 0.3) is 0 Å². The molecule has 1 aliphatic rings. The molecule has 0 aliphatic carbocycles. The number of aliphatic hydroxyl groups is 2. The highest BCUT2D eigenvalue weighted by Gasteiger charge is 2.50. The third-order valence-electron chi connectivity index (χ3n) is 9.97. The number of hydrogen-bond acceptors (Lipinski definition) is 18. The Morgan fingerprint density at radius 3 is 2.17 bits per heavy atom. The van der Waals surface area contributed by atoms with E-state index in [1.807, 2.05) is 0 Å². The number of phosphoric ester groups is 3. The van der Waals surface area contributed by atoms with Gasteiger partial charge in [-0.15, -0.1) is 0 Å². The van der Waals surface area contributed by atoms with Crippen LogP contribution < -0.4 is 16.4 Å². The number of aliphatic hydroxyl groups excluding tert-OH is 2. The number of unbranched alkanes of at least 4 members (excludes halogenated alkanes) is 10. The van der Waals surface area contributed by atoms with Crippen LogP contribution in [-0.2, 0) is 50.7 Å².